The third-order valence-electron chi connectivity index (χ3n) is 4.28. The first kappa shape index (κ1) is 18.7. The molecular formula is C22H19N3OS2. The predicted molar refractivity (Wildman–Crippen MR) is 117 cm³/mol. The van der Waals surface area contributed by atoms with Gasteiger partial charge < -0.3 is 5.32 Å². The Morgan fingerprint density at radius 2 is 1.79 bits per heavy atom. The fourth-order valence-electron chi connectivity index (χ4n) is 3.13. The minimum atomic E-state index is -0.417. The first-order chi connectivity index (χ1) is 13.6. The number of amides is 1. The van der Waals surface area contributed by atoms with Crippen LogP contribution < -0.4 is 5.32 Å². The van der Waals surface area contributed by atoms with Crippen molar-refractivity contribution in [2.75, 3.05) is 5.32 Å². The number of nitrogens with zero attached hydrogens (tertiary/aromatic N) is 2. The maximum Gasteiger partial charge on any atom is 0.242 e. The van der Waals surface area contributed by atoms with Crippen LogP contribution in [-0.2, 0) is 4.79 Å². The van der Waals surface area contributed by atoms with Gasteiger partial charge in [0, 0.05) is 11.1 Å². The molecule has 0 radical (unpaired) electrons. The number of thioether (sulfide) groups is 1. The molecule has 4 rings (SSSR count). The standard InChI is InChI=1S/C22H19N3OS2/c1-14-10-15(2)12-17(11-14)25-20(26)19(16-6-4-3-5-7-16)28-22-18-8-9-27-21(18)23-13-24-22/h3-13,19H,1-2H3,(H,25,26)/t19-/m0/s1. The van der Waals surface area contributed by atoms with Gasteiger partial charge in [0.2, 0.25) is 5.91 Å². The lowest BCUT2D eigenvalue weighted by Crippen LogP contribution is -2.19. The highest BCUT2D eigenvalue weighted by atomic mass is 32.2. The Labute approximate surface area is 172 Å². The minimum absolute atomic E-state index is 0.0665. The van der Waals surface area contributed by atoms with Gasteiger partial charge in [0.15, 0.2) is 0 Å². The predicted octanol–water partition coefficient (Wildman–Crippen LogP) is 5.78. The van der Waals surface area contributed by atoms with Crippen LogP contribution in [0, 0.1) is 13.8 Å². The molecule has 0 fully saturated rings. The van der Waals surface area contributed by atoms with E-state index in [4.69, 9.17) is 0 Å². The Hall–Kier alpha value is -2.70. The van der Waals surface area contributed by atoms with Crippen LogP contribution in [0.4, 0.5) is 5.69 Å². The van der Waals surface area contributed by atoms with Gasteiger partial charge in [-0.1, -0.05) is 48.2 Å². The van der Waals surface area contributed by atoms with Crippen LogP contribution in [0.3, 0.4) is 0 Å². The van der Waals surface area contributed by atoms with E-state index in [2.05, 4.69) is 21.4 Å². The number of benzene rings is 2. The van der Waals surface area contributed by atoms with Crippen LogP contribution >= 0.6 is 23.1 Å². The number of fused-ring (bicyclic) bond motifs is 1. The highest BCUT2D eigenvalue weighted by Crippen LogP contribution is 2.39. The zero-order chi connectivity index (χ0) is 19.5. The first-order valence-corrected chi connectivity index (χ1v) is 10.6. The second-order valence-electron chi connectivity index (χ2n) is 6.59. The van der Waals surface area contributed by atoms with Crippen molar-refractivity contribution in [1.29, 1.82) is 0 Å². The Morgan fingerprint density at radius 3 is 2.54 bits per heavy atom. The summed E-state index contributed by atoms with van der Waals surface area (Å²) in [5, 5.41) is 6.46. The summed E-state index contributed by atoms with van der Waals surface area (Å²) < 4.78 is 0. The quantitative estimate of drug-likeness (QED) is 0.338. The normalized spacial score (nSPS) is 12.1. The largest absolute Gasteiger partial charge is 0.325 e. The molecule has 1 atom stereocenters. The number of hydrogen-bond donors (Lipinski definition) is 1. The fraction of sp³-hybridized carbons (Fsp3) is 0.136. The molecule has 6 heteroatoms. The molecule has 28 heavy (non-hydrogen) atoms. The van der Waals surface area contributed by atoms with Crippen LogP contribution in [0.5, 0.6) is 0 Å². The van der Waals surface area contributed by atoms with Crippen LogP contribution in [0.15, 0.2) is 71.3 Å². The molecule has 1 N–H and O–H groups in total. The van der Waals surface area contributed by atoms with E-state index in [-0.39, 0.29) is 5.91 Å². The number of rotatable bonds is 5. The van der Waals surface area contributed by atoms with E-state index in [1.807, 2.05) is 67.8 Å². The summed E-state index contributed by atoms with van der Waals surface area (Å²) in [5.41, 5.74) is 3.99. The van der Waals surface area contributed by atoms with Crippen molar-refractivity contribution >= 4 is 44.9 Å². The summed E-state index contributed by atoms with van der Waals surface area (Å²) in [5.74, 6) is -0.0665. The Balaban J connectivity index is 1.67. The second-order valence-corrected chi connectivity index (χ2v) is 8.58. The third kappa shape index (κ3) is 4.08. The van der Waals surface area contributed by atoms with Gasteiger partial charge in [-0.3, -0.25) is 4.79 Å². The van der Waals surface area contributed by atoms with E-state index >= 15 is 0 Å². The lowest BCUT2D eigenvalue weighted by molar-refractivity contribution is -0.115. The van der Waals surface area contributed by atoms with E-state index in [0.29, 0.717) is 0 Å². The van der Waals surface area contributed by atoms with Crippen LogP contribution in [0.1, 0.15) is 21.9 Å². The van der Waals surface area contributed by atoms with Gasteiger partial charge in [-0.15, -0.1) is 11.3 Å². The van der Waals surface area contributed by atoms with Gasteiger partial charge >= 0.3 is 0 Å². The Kier molecular flexibility index (Phi) is 5.41. The number of nitrogens with one attached hydrogen (secondary N) is 1. The van der Waals surface area contributed by atoms with Crippen molar-refractivity contribution in [1.82, 2.24) is 9.97 Å². The fourth-order valence-corrected chi connectivity index (χ4v) is 5.01. The molecule has 4 nitrogen and oxygen atoms in total. The first-order valence-electron chi connectivity index (χ1n) is 8.89. The Bertz CT molecular complexity index is 1100. The van der Waals surface area contributed by atoms with Crippen LogP contribution in [0.25, 0.3) is 10.2 Å². The summed E-state index contributed by atoms with van der Waals surface area (Å²) in [6.07, 6.45) is 1.56. The molecule has 0 aliphatic carbocycles. The number of anilines is 1. The molecule has 0 aliphatic rings. The zero-order valence-corrected chi connectivity index (χ0v) is 17.2. The number of aryl methyl sites for hydroxylation is 2. The van der Waals surface area contributed by atoms with E-state index in [0.717, 1.165) is 37.6 Å². The van der Waals surface area contributed by atoms with Gasteiger partial charge in [0.25, 0.3) is 0 Å². The van der Waals surface area contributed by atoms with Crippen molar-refractivity contribution in [3.63, 3.8) is 0 Å². The van der Waals surface area contributed by atoms with Gasteiger partial charge in [-0.05, 0) is 54.1 Å². The van der Waals surface area contributed by atoms with E-state index < -0.39 is 5.25 Å². The summed E-state index contributed by atoms with van der Waals surface area (Å²) in [6, 6.07) is 17.9. The molecule has 2 heterocycles. The molecule has 2 aromatic carbocycles. The van der Waals surface area contributed by atoms with Gasteiger partial charge in [0.05, 0.1) is 0 Å². The highest BCUT2D eigenvalue weighted by molar-refractivity contribution is 8.00. The summed E-state index contributed by atoms with van der Waals surface area (Å²) in [4.78, 5) is 22.9. The van der Waals surface area contributed by atoms with Crippen molar-refractivity contribution in [3.05, 3.63) is 83.0 Å². The second kappa shape index (κ2) is 8.12. The molecule has 140 valence electrons. The number of carbonyl (C=O) groups excluding carboxylic acids is 1. The smallest absolute Gasteiger partial charge is 0.242 e. The monoisotopic (exact) mass is 405 g/mol. The summed E-state index contributed by atoms with van der Waals surface area (Å²) in [6.45, 7) is 4.06. The van der Waals surface area contributed by atoms with E-state index in [9.17, 15) is 4.79 Å². The van der Waals surface area contributed by atoms with Crippen LogP contribution in [0.2, 0.25) is 0 Å². The molecule has 0 spiro atoms. The number of carbonyl (C=O) groups is 1. The van der Waals surface area contributed by atoms with E-state index in [1.165, 1.54) is 11.8 Å². The van der Waals surface area contributed by atoms with E-state index in [1.54, 1.807) is 17.7 Å². The van der Waals surface area contributed by atoms with Crippen molar-refractivity contribution < 1.29 is 4.79 Å². The molecule has 0 saturated heterocycles. The van der Waals surface area contributed by atoms with Crippen molar-refractivity contribution in [2.45, 2.75) is 24.1 Å². The van der Waals surface area contributed by atoms with Gasteiger partial charge in [-0.2, -0.15) is 0 Å². The molecule has 1 amide bonds. The van der Waals surface area contributed by atoms with Crippen LogP contribution in [-0.4, -0.2) is 15.9 Å². The van der Waals surface area contributed by atoms with Crippen molar-refractivity contribution in [2.24, 2.45) is 0 Å². The summed E-state index contributed by atoms with van der Waals surface area (Å²) >= 11 is 3.03. The third-order valence-corrected chi connectivity index (χ3v) is 6.38. The lowest BCUT2D eigenvalue weighted by atomic mass is 10.1. The number of hydrogen-bond acceptors (Lipinski definition) is 5. The molecule has 4 aromatic rings. The van der Waals surface area contributed by atoms with Crippen molar-refractivity contribution in [3.8, 4) is 0 Å². The SMILES string of the molecule is Cc1cc(C)cc(NC(=O)[C@@H](Sc2ncnc3sccc23)c2ccccc2)c1. The molecular weight excluding hydrogens is 386 g/mol. The zero-order valence-electron chi connectivity index (χ0n) is 15.5. The summed E-state index contributed by atoms with van der Waals surface area (Å²) in [7, 11) is 0. The minimum Gasteiger partial charge on any atom is -0.325 e. The number of thiophene rings is 1. The average Bonchev–Trinajstić information content (AvgIpc) is 3.15. The average molecular weight is 406 g/mol. The van der Waals surface area contributed by atoms with Gasteiger partial charge in [-0.25, -0.2) is 9.97 Å². The number of aromatic nitrogens is 2. The molecule has 0 bridgehead atoms. The molecule has 2 aromatic heterocycles. The lowest BCUT2D eigenvalue weighted by Gasteiger charge is -2.17. The Morgan fingerprint density at radius 1 is 1.04 bits per heavy atom. The molecule has 0 aliphatic heterocycles. The topological polar surface area (TPSA) is 54.9 Å². The highest BCUT2D eigenvalue weighted by Gasteiger charge is 2.24. The molecule has 0 unspecified atom stereocenters. The molecule has 0 saturated carbocycles. The van der Waals surface area contributed by atoms with Gasteiger partial charge in [0.1, 0.15) is 21.4 Å². The maximum atomic E-state index is 13.2. The maximum absolute atomic E-state index is 13.2.